The van der Waals surface area contributed by atoms with Crippen LogP contribution < -0.4 is 4.90 Å². The van der Waals surface area contributed by atoms with E-state index < -0.39 is 4.92 Å². The molecule has 18 heavy (non-hydrogen) atoms. The van der Waals surface area contributed by atoms with Crippen LogP contribution in [0.2, 0.25) is 0 Å². The fourth-order valence-corrected chi connectivity index (χ4v) is 2.26. The summed E-state index contributed by atoms with van der Waals surface area (Å²) in [6.07, 6.45) is 0. The largest absolute Gasteiger partial charge is 0.304 e. The third-order valence-electron chi connectivity index (χ3n) is 2.84. The van der Waals surface area contributed by atoms with Crippen LogP contribution >= 0.6 is 15.9 Å². The number of hydrogen-bond donors (Lipinski definition) is 0. The van der Waals surface area contributed by atoms with Gasteiger partial charge in [0.1, 0.15) is 5.69 Å². The molecule has 96 valence electrons. The van der Waals surface area contributed by atoms with Gasteiger partial charge in [0.15, 0.2) is 0 Å². The molecule has 1 fully saturated rings. The lowest BCUT2D eigenvalue weighted by Crippen LogP contribution is -2.49. The van der Waals surface area contributed by atoms with Crippen molar-refractivity contribution in [3.8, 4) is 0 Å². The van der Waals surface area contributed by atoms with Crippen LogP contribution in [0.1, 0.15) is 0 Å². The van der Waals surface area contributed by atoms with Crippen LogP contribution in [0.4, 0.5) is 11.4 Å². The van der Waals surface area contributed by atoms with Crippen molar-refractivity contribution in [1.82, 2.24) is 4.90 Å². The SMILES string of the molecule is CN1CCN(c2cc(Br)ccc2[N+](=O)[O-])C(=O)C1. The van der Waals surface area contributed by atoms with Crippen molar-refractivity contribution in [2.24, 2.45) is 0 Å². The first-order chi connectivity index (χ1) is 8.49. The quantitative estimate of drug-likeness (QED) is 0.615. The summed E-state index contributed by atoms with van der Waals surface area (Å²) in [6, 6.07) is 4.62. The van der Waals surface area contributed by atoms with Crippen LogP contribution in [-0.4, -0.2) is 42.4 Å². The van der Waals surface area contributed by atoms with Gasteiger partial charge in [-0.15, -0.1) is 0 Å². The van der Waals surface area contributed by atoms with Crippen LogP contribution in [0.15, 0.2) is 22.7 Å². The topological polar surface area (TPSA) is 66.7 Å². The van der Waals surface area contributed by atoms with Crippen molar-refractivity contribution >= 4 is 33.2 Å². The Bertz CT molecular complexity index is 506. The number of nitro groups is 1. The second kappa shape index (κ2) is 5.03. The number of nitrogens with zero attached hydrogens (tertiary/aromatic N) is 3. The molecule has 1 saturated heterocycles. The second-order valence-electron chi connectivity index (χ2n) is 4.17. The molecule has 2 rings (SSSR count). The van der Waals surface area contributed by atoms with Crippen LogP contribution in [-0.2, 0) is 4.79 Å². The van der Waals surface area contributed by atoms with Gasteiger partial charge in [0.05, 0.1) is 11.5 Å². The molecule has 6 nitrogen and oxygen atoms in total. The standard InChI is InChI=1S/C11H12BrN3O3/c1-13-4-5-14(11(16)7-13)10-6-8(12)2-3-9(10)15(17)18/h2-3,6H,4-5,7H2,1H3. The summed E-state index contributed by atoms with van der Waals surface area (Å²) in [4.78, 5) is 25.8. The lowest BCUT2D eigenvalue weighted by Gasteiger charge is -2.31. The molecule has 0 spiro atoms. The maximum atomic E-state index is 11.9. The molecule has 1 amide bonds. The van der Waals surface area contributed by atoms with Crippen molar-refractivity contribution in [2.45, 2.75) is 0 Å². The van der Waals surface area contributed by atoms with Gasteiger partial charge >= 0.3 is 0 Å². The number of amides is 1. The summed E-state index contributed by atoms with van der Waals surface area (Å²) >= 11 is 3.27. The van der Waals surface area contributed by atoms with Gasteiger partial charge in [-0.25, -0.2) is 0 Å². The van der Waals surface area contributed by atoms with Crippen LogP contribution in [0, 0.1) is 10.1 Å². The average Bonchev–Trinajstić information content (AvgIpc) is 2.28. The number of hydrogen-bond acceptors (Lipinski definition) is 4. The molecular weight excluding hydrogens is 302 g/mol. The fourth-order valence-electron chi connectivity index (χ4n) is 1.91. The molecular formula is C11H12BrN3O3. The lowest BCUT2D eigenvalue weighted by atomic mass is 10.2. The van der Waals surface area contributed by atoms with E-state index >= 15 is 0 Å². The van der Waals surface area contributed by atoms with Gasteiger partial charge in [-0.05, 0) is 19.2 Å². The molecule has 7 heteroatoms. The number of carbonyl (C=O) groups excluding carboxylic acids is 1. The Balaban J connectivity index is 2.40. The Morgan fingerprint density at radius 2 is 2.11 bits per heavy atom. The lowest BCUT2D eigenvalue weighted by molar-refractivity contribution is -0.384. The zero-order chi connectivity index (χ0) is 13.3. The minimum absolute atomic E-state index is 0.0453. The highest BCUT2D eigenvalue weighted by Crippen LogP contribution is 2.32. The zero-order valence-corrected chi connectivity index (χ0v) is 11.4. The Morgan fingerprint density at radius 1 is 1.39 bits per heavy atom. The van der Waals surface area contributed by atoms with E-state index in [4.69, 9.17) is 0 Å². The summed E-state index contributed by atoms with van der Waals surface area (Å²) in [5, 5.41) is 11.0. The first-order valence-electron chi connectivity index (χ1n) is 5.42. The van der Waals surface area contributed by atoms with E-state index in [1.807, 2.05) is 11.9 Å². The van der Waals surface area contributed by atoms with Gasteiger partial charge in [0, 0.05) is 23.6 Å². The number of piperazine rings is 1. The Kier molecular flexibility index (Phi) is 3.63. The van der Waals surface area contributed by atoms with E-state index in [1.54, 1.807) is 12.1 Å². The summed E-state index contributed by atoms with van der Waals surface area (Å²) in [7, 11) is 1.85. The third kappa shape index (κ3) is 2.51. The Morgan fingerprint density at radius 3 is 2.72 bits per heavy atom. The van der Waals surface area contributed by atoms with E-state index in [0.29, 0.717) is 18.8 Å². The third-order valence-corrected chi connectivity index (χ3v) is 3.33. The molecule has 1 aromatic rings. The number of anilines is 1. The van der Waals surface area contributed by atoms with E-state index in [2.05, 4.69) is 15.9 Å². The van der Waals surface area contributed by atoms with Gasteiger partial charge in [-0.3, -0.25) is 19.8 Å². The first-order valence-corrected chi connectivity index (χ1v) is 6.21. The molecule has 0 unspecified atom stereocenters. The van der Waals surface area contributed by atoms with Crippen LogP contribution in [0.5, 0.6) is 0 Å². The minimum atomic E-state index is -0.465. The number of nitro benzene ring substituents is 1. The van der Waals surface area contributed by atoms with E-state index in [1.165, 1.54) is 11.0 Å². The van der Waals surface area contributed by atoms with E-state index in [0.717, 1.165) is 4.47 Å². The fraction of sp³-hybridized carbons (Fsp3) is 0.364. The van der Waals surface area contributed by atoms with Crippen molar-refractivity contribution in [3.63, 3.8) is 0 Å². The summed E-state index contributed by atoms with van der Waals surface area (Å²) in [5.74, 6) is -0.120. The molecule has 0 saturated carbocycles. The van der Waals surface area contributed by atoms with Gasteiger partial charge in [-0.2, -0.15) is 0 Å². The van der Waals surface area contributed by atoms with Gasteiger partial charge < -0.3 is 4.90 Å². The smallest absolute Gasteiger partial charge is 0.293 e. The maximum absolute atomic E-state index is 11.9. The number of rotatable bonds is 2. The molecule has 1 aromatic carbocycles. The average molecular weight is 314 g/mol. The normalized spacial score (nSPS) is 17.0. The molecule has 1 aliphatic rings. The number of likely N-dealkylation sites (N-methyl/N-ethyl adjacent to an activating group) is 1. The van der Waals surface area contributed by atoms with Crippen LogP contribution in [0.3, 0.4) is 0 Å². The molecule has 0 radical (unpaired) electrons. The highest BCUT2D eigenvalue weighted by Gasteiger charge is 2.28. The summed E-state index contributed by atoms with van der Waals surface area (Å²) < 4.78 is 0.717. The summed E-state index contributed by atoms with van der Waals surface area (Å²) in [5.41, 5.74) is 0.309. The predicted molar refractivity (Wildman–Crippen MR) is 70.6 cm³/mol. The van der Waals surface area contributed by atoms with Gasteiger partial charge in [-0.1, -0.05) is 15.9 Å². The van der Waals surface area contributed by atoms with Crippen molar-refractivity contribution in [2.75, 3.05) is 31.6 Å². The number of carbonyl (C=O) groups is 1. The van der Waals surface area contributed by atoms with Crippen molar-refractivity contribution in [3.05, 3.63) is 32.8 Å². The van der Waals surface area contributed by atoms with E-state index in [-0.39, 0.29) is 18.1 Å². The zero-order valence-electron chi connectivity index (χ0n) is 9.80. The van der Waals surface area contributed by atoms with Gasteiger partial charge in [0.25, 0.3) is 5.69 Å². The molecule has 0 bridgehead atoms. The first kappa shape index (κ1) is 13.0. The molecule has 0 atom stereocenters. The van der Waals surface area contributed by atoms with Crippen molar-refractivity contribution < 1.29 is 9.72 Å². The maximum Gasteiger partial charge on any atom is 0.293 e. The minimum Gasteiger partial charge on any atom is -0.304 e. The predicted octanol–water partition coefficient (Wildman–Crippen LogP) is 1.64. The second-order valence-corrected chi connectivity index (χ2v) is 5.09. The van der Waals surface area contributed by atoms with Crippen molar-refractivity contribution in [1.29, 1.82) is 0 Å². The highest BCUT2D eigenvalue weighted by atomic mass is 79.9. The monoisotopic (exact) mass is 313 g/mol. The molecule has 1 aliphatic heterocycles. The molecule has 0 aromatic heterocycles. The number of benzene rings is 1. The molecule has 0 N–H and O–H groups in total. The van der Waals surface area contributed by atoms with Gasteiger partial charge in [0.2, 0.25) is 5.91 Å². The van der Waals surface area contributed by atoms with E-state index in [9.17, 15) is 14.9 Å². The summed E-state index contributed by atoms with van der Waals surface area (Å²) in [6.45, 7) is 1.45. The molecule has 1 heterocycles. The highest BCUT2D eigenvalue weighted by molar-refractivity contribution is 9.10. The molecule has 0 aliphatic carbocycles. The Hall–Kier alpha value is -1.47. The van der Waals surface area contributed by atoms with Crippen LogP contribution in [0.25, 0.3) is 0 Å². The number of halogens is 1. The Labute approximate surface area is 112 Å².